The minimum Gasteiger partial charge on any atom is -0.479 e. The van der Waals surface area contributed by atoms with Crippen LogP contribution in [0.2, 0.25) is 10.0 Å². The molecule has 3 aromatic rings. The van der Waals surface area contributed by atoms with Crippen molar-refractivity contribution in [2.45, 2.75) is 31.8 Å². The van der Waals surface area contributed by atoms with E-state index in [1.54, 1.807) is 19.9 Å². The summed E-state index contributed by atoms with van der Waals surface area (Å²) < 4.78 is 5.73. The first kappa shape index (κ1) is 23.1. The molecule has 0 fully saturated rings. The molecule has 0 spiro atoms. The van der Waals surface area contributed by atoms with Gasteiger partial charge >= 0.3 is 12.1 Å². The molecule has 1 aliphatic carbocycles. The van der Waals surface area contributed by atoms with Crippen LogP contribution in [0.3, 0.4) is 0 Å². The molecule has 0 radical (unpaired) electrons. The topological polar surface area (TPSA) is 66.8 Å². The van der Waals surface area contributed by atoms with E-state index in [2.05, 4.69) is 12.1 Å². The van der Waals surface area contributed by atoms with Crippen LogP contribution in [-0.4, -0.2) is 34.7 Å². The van der Waals surface area contributed by atoms with E-state index in [9.17, 15) is 14.7 Å². The van der Waals surface area contributed by atoms with Crippen molar-refractivity contribution < 1.29 is 19.4 Å². The molecule has 0 heterocycles. The number of hydrogen-bond acceptors (Lipinski definition) is 3. The fourth-order valence-electron chi connectivity index (χ4n) is 4.41. The zero-order valence-electron chi connectivity index (χ0n) is 18.2. The van der Waals surface area contributed by atoms with Gasteiger partial charge in [0, 0.05) is 27.6 Å². The highest BCUT2D eigenvalue weighted by Gasteiger charge is 2.37. The molecule has 170 valence electrons. The number of amides is 1. The molecule has 0 aromatic heterocycles. The first-order valence-corrected chi connectivity index (χ1v) is 11.4. The third-order valence-electron chi connectivity index (χ3n) is 5.87. The Hall–Kier alpha value is -3.02. The van der Waals surface area contributed by atoms with E-state index < -0.39 is 24.1 Å². The molecule has 3 aromatic carbocycles. The van der Waals surface area contributed by atoms with Crippen LogP contribution in [0.5, 0.6) is 0 Å². The number of halogens is 2. The molecular weight excluding hydrogens is 461 g/mol. The summed E-state index contributed by atoms with van der Waals surface area (Å²) in [5.74, 6) is -1.35. The zero-order valence-corrected chi connectivity index (χ0v) is 19.7. The maximum absolute atomic E-state index is 13.2. The van der Waals surface area contributed by atoms with Crippen LogP contribution in [0.15, 0.2) is 66.7 Å². The van der Waals surface area contributed by atoms with Gasteiger partial charge in [0.05, 0.1) is 0 Å². The van der Waals surface area contributed by atoms with Crippen LogP contribution in [-0.2, 0) is 9.53 Å². The number of nitrogens with zero attached hydrogens (tertiary/aromatic N) is 1. The molecule has 0 saturated heterocycles. The van der Waals surface area contributed by atoms with Gasteiger partial charge in [-0.1, -0.05) is 71.7 Å². The average molecular weight is 484 g/mol. The second-order valence-corrected chi connectivity index (χ2v) is 9.06. The van der Waals surface area contributed by atoms with Crippen LogP contribution in [0.4, 0.5) is 4.79 Å². The molecule has 0 aliphatic heterocycles. The van der Waals surface area contributed by atoms with Gasteiger partial charge in [-0.3, -0.25) is 4.90 Å². The van der Waals surface area contributed by atoms with Crippen LogP contribution in [0.1, 0.15) is 42.5 Å². The summed E-state index contributed by atoms with van der Waals surface area (Å²) in [5, 5.41) is 10.5. The maximum Gasteiger partial charge on any atom is 0.411 e. The number of rotatable bonds is 6. The van der Waals surface area contributed by atoms with Crippen LogP contribution in [0.25, 0.3) is 11.1 Å². The quantitative estimate of drug-likeness (QED) is 0.419. The van der Waals surface area contributed by atoms with Gasteiger partial charge in [0.25, 0.3) is 0 Å². The number of benzene rings is 3. The third-order valence-corrected chi connectivity index (χ3v) is 6.45. The predicted octanol–water partition coefficient (Wildman–Crippen LogP) is 6.78. The Morgan fingerprint density at radius 3 is 2.09 bits per heavy atom. The van der Waals surface area contributed by atoms with Gasteiger partial charge in [0.1, 0.15) is 6.61 Å². The SMILES string of the molecule is CC(C)N(C(=O)OCC1c2ccccc2-c2ccccc21)C(C(=O)O)c1cc(Cl)ccc1Cl. The van der Waals surface area contributed by atoms with Gasteiger partial charge < -0.3 is 9.84 Å². The van der Waals surface area contributed by atoms with Gasteiger partial charge in [-0.2, -0.15) is 0 Å². The molecule has 4 rings (SSSR count). The number of carboxylic acid groups (broad SMARTS) is 1. The van der Waals surface area contributed by atoms with Crippen molar-refractivity contribution in [2.24, 2.45) is 0 Å². The molecule has 1 N–H and O–H groups in total. The monoisotopic (exact) mass is 483 g/mol. The van der Waals surface area contributed by atoms with E-state index in [1.807, 2.05) is 36.4 Å². The fourth-order valence-corrected chi connectivity index (χ4v) is 4.81. The van der Waals surface area contributed by atoms with Gasteiger partial charge in [-0.25, -0.2) is 9.59 Å². The highest BCUT2D eigenvalue weighted by atomic mass is 35.5. The summed E-state index contributed by atoms with van der Waals surface area (Å²) >= 11 is 12.4. The third kappa shape index (κ3) is 4.43. The van der Waals surface area contributed by atoms with E-state index in [0.29, 0.717) is 5.02 Å². The number of carbonyl (C=O) groups is 2. The summed E-state index contributed by atoms with van der Waals surface area (Å²) in [4.78, 5) is 26.7. The summed E-state index contributed by atoms with van der Waals surface area (Å²) in [6.45, 7) is 3.55. The first-order valence-electron chi connectivity index (χ1n) is 10.6. The number of carbonyl (C=O) groups excluding carboxylic acids is 1. The van der Waals surface area contributed by atoms with Crippen molar-refractivity contribution in [1.82, 2.24) is 4.90 Å². The molecule has 1 aliphatic rings. The number of carboxylic acids is 1. The molecule has 1 unspecified atom stereocenters. The molecule has 5 nitrogen and oxygen atoms in total. The number of hydrogen-bond donors (Lipinski definition) is 1. The Morgan fingerprint density at radius 1 is 0.970 bits per heavy atom. The molecule has 1 amide bonds. The summed E-state index contributed by atoms with van der Waals surface area (Å²) in [7, 11) is 0. The lowest BCUT2D eigenvalue weighted by atomic mass is 9.98. The zero-order chi connectivity index (χ0) is 23.7. The number of aliphatic carboxylic acids is 1. The van der Waals surface area contributed by atoms with Crippen molar-refractivity contribution in [2.75, 3.05) is 6.61 Å². The van der Waals surface area contributed by atoms with Crippen molar-refractivity contribution in [3.05, 3.63) is 93.5 Å². The minimum atomic E-state index is -1.34. The Kier molecular flexibility index (Phi) is 6.63. The Bertz CT molecular complexity index is 1160. The molecule has 0 bridgehead atoms. The van der Waals surface area contributed by atoms with E-state index in [1.165, 1.54) is 17.0 Å². The molecule has 0 saturated carbocycles. The second kappa shape index (κ2) is 9.46. The van der Waals surface area contributed by atoms with E-state index in [0.717, 1.165) is 22.3 Å². The largest absolute Gasteiger partial charge is 0.479 e. The maximum atomic E-state index is 13.2. The fraction of sp³-hybridized carbons (Fsp3) is 0.231. The molecule has 7 heteroatoms. The first-order chi connectivity index (χ1) is 15.8. The normalized spacial score (nSPS) is 13.4. The van der Waals surface area contributed by atoms with Crippen LogP contribution < -0.4 is 0 Å². The highest BCUT2D eigenvalue weighted by Crippen LogP contribution is 2.44. The lowest BCUT2D eigenvalue weighted by Crippen LogP contribution is -2.44. The second-order valence-electron chi connectivity index (χ2n) is 8.21. The van der Waals surface area contributed by atoms with Crippen LogP contribution in [0, 0.1) is 0 Å². The summed E-state index contributed by atoms with van der Waals surface area (Å²) in [5.41, 5.74) is 4.62. The number of ether oxygens (including phenoxy) is 1. The van der Waals surface area contributed by atoms with Gasteiger partial charge in [0.15, 0.2) is 6.04 Å². The van der Waals surface area contributed by atoms with Crippen molar-refractivity contribution in [3.8, 4) is 11.1 Å². The standard InChI is InChI=1S/C26H23Cl2NO4/c1-15(2)29(24(25(30)31)21-13-16(27)11-12-23(21)28)26(32)33-14-22-19-9-5-3-7-17(19)18-8-4-6-10-20(18)22/h3-13,15,22,24H,14H2,1-2H3,(H,30,31). The van der Waals surface area contributed by atoms with Crippen molar-refractivity contribution in [1.29, 1.82) is 0 Å². The van der Waals surface area contributed by atoms with Gasteiger partial charge in [-0.15, -0.1) is 0 Å². The predicted molar refractivity (Wildman–Crippen MR) is 129 cm³/mol. The van der Waals surface area contributed by atoms with E-state index in [-0.39, 0.29) is 23.1 Å². The lowest BCUT2D eigenvalue weighted by molar-refractivity contribution is -0.143. The van der Waals surface area contributed by atoms with E-state index >= 15 is 0 Å². The smallest absolute Gasteiger partial charge is 0.411 e. The Morgan fingerprint density at radius 2 is 1.55 bits per heavy atom. The Balaban J connectivity index is 1.62. The van der Waals surface area contributed by atoms with Crippen molar-refractivity contribution in [3.63, 3.8) is 0 Å². The summed E-state index contributed by atoms with van der Waals surface area (Å²) in [6.07, 6.45) is -0.727. The Labute approximate surface area is 202 Å². The summed E-state index contributed by atoms with van der Waals surface area (Å²) in [6, 6.07) is 18.8. The molecule has 33 heavy (non-hydrogen) atoms. The molecular formula is C26H23Cl2NO4. The van der Waals surface area contributed by atoms with Gasteiger partial charge in [-0.05, 0) is 54.3 Å². The highest BCUT2D eigenvalue weighted by molar-refractivity contribution is 6.33. The minimum absolute atomic E-state index is 0.0890. The lowest BCUT2D eigenvalue weighted by Gasteiger charge is -2.32. The number of fused-ring (bicyclic) bond motifs is 3. The van der Waals surface area contributed by atoms with Gasteiger partial charge in [0.2, 0.25) is 0 Å². The van der Waals surface area contributed by atoms with E-state index in [4.69, 9.17) is 27.9 Å². The average Bonchev–Trinajstić information content (AvgIpc) is 3.11. The molecule has 1 atom stereocenters. The van der Waals surface area contributed by atoms with Crippen molar-refractivity contribution >= 4 is 35.3 Å². The van der Waals surface area contributed by atoms with Crippen LogP contribution >= 0.6 is 23.2 Å².